The highest BCUT2D eigenvalue weighted by molar-refractivity contribution is 6.30. The fraction of sp³-hybridized carbons (Fsp3) is 0.818. The largest absolute Gasteiger partial charge is 0.426 e. The third-order valence-corrected chi connectivity index (χ3v) is 2.37. The molecule has 1 unspecified atom stereocenters. The van der Waals surface area contributed by atoms with Crippen molar-refractivity contribution in [3.8, 4) is 0 Å². The summed E-state index contributed by atoms with van der Waals surface area (Å²) in [6, 6.07) is 0. The van der Waals surface area contributed by atoms with Crippen LogP contribution in [0.1, 0.15) is 41.5 Å². The fourth-order valence-corrected chi connectivity index (χ4v) is 0.753. The molecule has 0 aliphatic rings. The number of alkyl halides is 3. The van der Waals surface area contributed by atoms with E-state index in [-0.39, 0.29) is 11.3 Å². The van der Waals surface area contributed by atoms with Gasteiger partial charge < -0.3 is 0 Å². The van der Waals surface area contributed by atoms with Gasteiger partial charge in [0.25, 0.3) is 0 Å². The topological polar surface area (TPSA) is 0 Å². The van der Waals surface area contributed by atoms with Gasteiger partial charge >= 0.3 is 6.18 Å². The van der Waals surface area contributed by atoms with E-state index in [0.717, 1.165) is 6.08 Å². The maximum absolute atomic E-state index is 12.0. The standard InChI is InChI=1S/C9H14ClF3.C2H6/c1-6(8(2,3)4)5-7(10)9(11,12)13;1-2/h5-6H,1-4H3;1-2H3/b7-5-;. The van der Waals surface area contributed by atoms with Gasteiger partial charge in [0.15, 0.2) is 0 Å². The Kier molecular flexibility index (Phi) is 7.36. The Morgan fingerprint density at radius 1 is 1.13 bits per heavy atom. The molecule has 0 aliphatic carbocycles. The number of halogens is 4. The average molecular weight is 245 g/mol. The molecule has 0 aromatic heterocycles. The van der Waals surface area contributed by atoms with E-state index in [4.69, 9.17) is 11.6 Å². The smallest absolute Gasteiger partial charge is 0.165 e. The van der Waals surface area contributed by atoms with Crippen molar-refractivity contribution in [2.45, 2.75) is 47.7 Å². The highest BCUT2D eigenvalue weighted by Gasteiger charge is 2.33. The molecule has 0 N–H and O–H groups in total. The Labute approximate surface area is 95.5 Å². The molecule has 0 heterocycles. The van der Waals surface area contributed by atoms with E-state index in [0.29, 0.717) is 0 Å². The van der Waals surface area contributed by atoms with Crippen molar-refractivity contribution in [1.29, 1.82) is 0 Å². The van der Waals surface area contributed by atoms with Crippen molar-refractivity contribution >= 4 is 11.6 Å². The molecule has 0 aromatic rings. The molecule has 0 aliphatic heterocycles. The van der Waals surface area contributed by atoms with E-state index in [2.05, 4.69) is 0 Å². The number of hydrogen-bond acceptors (Lipinski definition) is 0. The molecule has 1 atom stereocenters. The molecule has 0 fully saturated rings. The molecule has 0 saturated heterocycles. The third-order valence-electron chi connectivity index (χ3n) is 2.03. The minimum atomic E-state index is -4.42. The summed E-state index contributed by atoms with van der Waals surface area (Å²) >= 11 is 5.09. The third kappa shape index (κ3) is 7.71. The predicted octanol–water partition coefficient (Wildman–Crippen LogP) is 5.38. The molecule has 92 valence electrons. The van der Waals surface area contributed by atoms with Crippen molar-refractivity contribution in [3.63, 3.8) is 0 Å². The summed E-state index contributed by atoms with van der Waals surface area (Å²) in [7, 11) is 0. The highest BCUT2D eigenvalue weighted by Crippen LogP contribution is 2.34. The van der Waals surface area contributed by atoms with Gasteiger partial charge in [-0.05, 0) is 11.3 Å². The zero-order valence-corrected chi connectivity index (χ0v) is 10.9. The second kappa shape index (κ2) is 6.41. The number of allylic oxidation sites excluding steroid dienone is 2. The van der Waals surface area contributed by atoms with Crippen LogP contribution in [-0.4, -0.2) is 6.18 Å². The van der Waals surface area contributed by atoms with Gasteiger partial charge in [-0.1, -0.05) is 59.2 Å². The van der Waals surface area contributed by atoms with Crippen LogP contribution in [0.5, 0.6) is 0 Å². The minimum absolute atomic E-state index is 0.203. The molecule has 15 heavy (non-hydrogen) atoms. The van der Waals surface area contributed by atoms with E-state index in [1.807, 2.05) is 34.6 Å². The van der Waals surface area contributed by atoms with Crippen LogP contribution in [0, 0.1) is 11.3 Å². The first-order chi connectivity index (χ1) is 6.55. The van der Waals surface area contributed by atoms with Crippen LogP contribution in [0.2, 0.25) is 0 Å². The van der Waals surface area contributed by atoms with Crippen LogP contribution in [0.15, 0.2) is 11.1 Å². The number of hydrogen-bond donors (Lipinski definition) is 0. The van der Waals surface area contributed by atoms with Crippen molar-refractivity contribution in [1.82, 2.24) is 0 Å². The van der Waals surface area contributed by atoms with Crippen molar-refractivity contribution in [2.75, 3.05) is 0 Å². The first kappa shape index (κ1) is 17.2. The zero-order valence-electron chi connectivity index (χ0n) is 10.2. The van der Waals surface area contributed by atoms with Gasteiger partial charge in [0.05, 0.1) is 0 Å². The second-order valence-corrected chi connectivity index (χ2v) is 4.57. The summed E-state index contributed by atoms with van der Waals surface area (Å²) < 4.78 is 36.0. The van der Waals surface area contributed by atoms with Gasteiger partial charge in [-0.2, -0.15) is 13.2 Å². The molecule has 0 amide bonds. The molecule has 0 radical (unpaired) electrons. The first-order valence-corrected chi connectivity index (χ1v) is 5.37. The highest BCUT2D eigenvalue weighted by atomic mass is 35.5. The molecule has 0 bridgehead atoms. The van der Waals surface area contributed by atoms with Crippen LogP contribution < -0.4 is 0 Å². The molecular weight excluding hydrogens is 225 g/mol. The van der Waals surface area contributed by atoms with E-state index in [1.165, 1.54) is 0 Å². The summed E-state index contributed by atoms with van der Waals surface area (Å²) in [5.41, 5.74) is -0.203. The zero-order chi connectivity index (χ0) is 12.9. The lowest BCUT2D eigenvalue weighted by Crippen LogP contribution is -2.17. The molecular formula is C11H20ClF3. The lowest BCUT2D eigenvalue weighted by Gasteiger charge is -2.24. The van der Waals surface area contributed by atoms with Gasteiger partial charge in [-0.3, -0.25) is 0 Å². The normalized spacial score (nSPS) is 15.5. The molecule has 0 saturated carbocycles. The first-order valence-electron chi connectivity index (χ1n) is 4.99. The molecule has 0 spiro atoms. The lowest BCUT2D eigenvalue weighted by molar-refractivity contribution is -0.0851. The van der Waals surface area contributed by atoms with Gasteiger partial charge in [-0.15, -0.1) is 0 Å². The lowest BCUT2D eigenvalue weighted by atomic mass is 9.82. The second-order valence-electron chi connectivity index (χ2n) is 4.17. The van der Waals surface area contributed by atoms with Crippen LogP contribution in [-0.2, 0) is 0 Å². The fourth-order valence-electron chi connectivity index (χ4n) is 0.564. The summed E-state index contributed by atoms with van der Waals surface area (Å²) in [6.45, 7) is 11.3. The van der Waals surface area contributed by atoms with Crippen molar-refractivity contribution in [3.05, 3.63) is 11.1 Å². The Morgan fingerprint density at radius 3 is 1.67 bits per heavy atom. The maximum atomic E-state index is 12.0. The Balaban J connectivity index is 0. The molecule has 4 heteroatoms. The molecule has 0 nitrogen and oxygen atoms in total. The van der Waals surface area contributed by atoms with E-state index >= 15 is 0 Å². The Bertz CT molecular complexity index is 199. The predicted molar refractivity (Wildman–Crippen MR) is 60.0 cm³/mol. The van der Waals surface area contributed by atoms with Crippen LogP contribution in [0.4, 0.5) is 13.2 Å². The minimum Gasteiger partial charge on any atom is -0.165 e. The summed E-state index contributed by atoms with van der Waals surface area (Å²) in [6.07, 6.45) is -3.36. The van der Waals surface area contributed by atoms with E-state index in [1.54, 1.807) is 6.92 Å². The Hall–Kier alpha value is -0.180. The van der Waals surface area contributed by atoms with Gasteiger partial charge in [0.1, 0.15) is 5.03 Å². The molecule has 0 rings (SSSR count). The van der Waals surface area contributed by atoms with Crippen molar-refractivity contribution < 1.29 is 13.2 Å². The van der Waals surface area contributed by atoms with E-state index in [9.17, 15) is 13.2 Å². The Morgan fingerprint density at radius 2 is 1.47 bits per heavy atom. The summed E-state index contributed by atoms with van der Waals surface area (Å²) in [5, 5.41) is -1.03. The molecule has 0 aromatic carbocycles. The maximum Gasteiger partial charge on any atom is 0.426 e. The quantitative estimate of drug-likeness (QED) is 0.581. The summed E-state index contributed by atoms with van der Waals surface area (Å²) in [5.74, 6) is -0.207. The monoisotopic (exact) mass is 244 g/mol. The SMILES string of the molecule is CC.CC(/C=C(\Cl)C(F)(F)F)C(C)(C)C. The van der Waals surface area contributed by atoms with Gasteiger partial charge in [0.2, 0.25) is 0 Å². The van der Waals surface area contributed by atoms with Gasteiger partial charge in [-0.25, -0.2) is 0 Å². The van der Waals surface area contributed by atoms with Crippen LogP contribution in [0.25, 0.3) is 0 Å². The summed E-state index contributed by atoms with van der Waals surface area (Å²) in [4.78, 5) is 0. The van der Waals surface area contributed by atoms with Crippen molar-refractivity contribution in [2.24, 2.45) is 11.3 Å². The van der Waals surface area contributed by atoms with Gasteiger partial charge in [0, 0.05) is 0 Å². The average Bonchev–Trinajstić information content (AvgIpc) is 2.04. The number of rotatable bonds is 1. The van der Waals surface area contributed by atoms with E-state index < -0.39 is 11.2 Å². The van der Waals surface area contributed by atoms with Crippen LogP contribution in [0.3, 0.4) is 0 Å². The van der Waals surface area contributed by atoms with Crippen LogP contribution >= 0.6 is 11.6 Å².